The predicted molar refractivity (Wildman–Crippen MR) is 71.3 cm³/mol. The van der Waals surface area contributed by atoms with E-state index in [2.05, 4.69) is 21.0 Å². The lowest BCUT2D eigenvalue weighted by Gasteiger charge is -2.35. The third-order valence-corrected chi connectivity index (χ3v) is 3.73. The number of ether oxygens (including phenoxy) is 1. The number of amides is 1. The minimum atomic E-state index is 0.0898. The first-order valence-corrected chi connectivity index (χ1v) is 6.88. The summed E-state index contributed by atoms with van der Waals surface area (Å²) in [5.41, 5.74) is 0.895. The molecular weight excluding hydrogens is 298 g/mol. The van der Waals surface area contributed by atoms with Gasteiger partial charge in [-0.25, -0.2) is 0 Å². The summed E-state index contributed by atoms with van der Waals surface area (Å²) in [6.45, 7) is 7.49. The van der Waals surface area contributed by atoms with Crippen LogP contribution in [-0.4, -0.2) is 45.9 Å². The molecule has 0 aromatic carbocycles. The Kier molecular flexibility index (Phi) is 4.07. The highest BCUT2D eigenvalue weighted by atomic mass is 79.9. The van der Waals surface area contributed by atoms with Gasteiger partial charge in [0, 0.05) is 19.3 Å². The van der Waals surface area contributed by atoms with Crippen molar-refractivity contribution in [3.05, 3.63) is 16.4 Å². The van der Waals surface area contributed by atoms with Crippen LogP contribution in [0.15, 0.2) is 10.7 Å². The maximum atomic E-state index is 12.2. The second kappa shape index (κ2) is 5.40. The van der Waals surface area contributed by atoms with Crippen LogP contribution in [0.3, 0.4) is 0 Å². The molecule has 0 bridgehead atoms. The van der Waals surface area contributed by atoms with Crippen LogP contribution in [0.25, 0.3) is 0 Å². The number of aromatic nitrogens is 2. The number of hydrogen-bond donors (Lipinski definition) is 0. The lowest BCUT2D eigenvalue weighted by molar-refractivity contribution is -0.144. The minimum Gasteiger partial charge on any atom is -0.372 e. The Labute approximate surface area is 115 Å². The standard InChI is InChI=1S/C12H18BrN3O2/c1-8-4-15(5-9(2)18-8)12(17)7-16-6-11(13)10(3)14-16/h6,8-9H,4-5,7H2,1-3H3/t8-,9+. The fourth-order valence-corrected chi connectivity index (χ4v) is 2.51. The average molecular weight is 316 g/mol. The van der Waals surface area contributed by atoms with E-state index in [0.717, 1.165) is 10.2 Å². The smallest absolute Gasteiger partial charge is 0.244 e. The number of halogens is 1. The number of hydrogen-bond acceptors (Lipinski definition) is 3. The molecule has 1 aromatic rings. The quantitative estimate of drug-likeness (QED) is 0.832. The van der Waals surface area contributed by atoms with Crippen molar-refractivity contribution in [3.63, 3.8) is 0 Å². The molecule has 2 heterocycles. The zero-order valence-corrected chi connectivity index (χ0v) is 12.5. The third-order valence-electron chi connectivity index (χ3n) is 2.96. The van der Waals surface area contributed by atoms with E-state index in [1.54, 1.807) is 4.68 Å². The Morgan fingerprint density at radius 1 is 1.50 bits per heavy atom. The predicted octanol–water partition coefficient (Wildman–Crippen LogP) is 1.59. The van der Waals surface area contributed by atoms with Crippen LogP contribution in [0.4, 0.5) is 0 Å². The number of carbonyl (C=O) groups is 1. The number of carbonyl (C=O) groups excluding carboxylic acids is 1. The summed E-state index contributed by atoms with van der Waals surface area (Å²) in [5.74, 6) is 0.0898. The first-order valence-electron chi connectivity index (χ1n) is 6.08. The Morgan fingerprint density at radius 2 is 2.11 bits per heavy atom. The Morgan fingerprint density at radius 3 is 2.61 bits per heavy atom. The van der Waals surface area contributed by atoms with Crippen molar-refractivity contribution in [1.29, 1.82) is 0 Å². The molecule has 2 rings (SSSR count). The SMILES string of the molecule is Cc1nn(CC(=O)N2C[C@@H](C)O[C@@H](C)C2)cc1Br. The summed E-state index contributed by atoms with van der Waals surface area (Å²) in [6.07, 6.45) is 2.04. The second-order valence-electron chi connectivity index (χ2n) is 4.82. The molecule has 100 valence electrons. The largest absolute Gasteiger partial charge is 0.372 e. The van der Waals surface area contributed by atoms with Crippen molar-refractivity contribution in [3.8, 4) is 0 Å². The van der Waals surface area contributed by atoms with Gasteiger partial charge in [-0.3, -0.25) is 9.48 Å². The van der Waals surface area contributed by atoms with Gasteiger partial charge in [0.05, 0.1) is 22.4 Å². The van der Waals surface area contributed by atoms with Gasteiger partial charge in [-0.05, 0) is 36.7 Å². The van der Waals surface area contributed by atoms with Gasteiger partial charge in [0.1, 0.15) is 6.54 Å². The fourth-order valence-electron chi connectivity index (χ4n) is 2.19. The van der Waals surface area contributed by atoms with Crippen LogP contribution in [0, 0.1) is 6.92 Å². The van der Waals surface area contributed by atoms with Crippen LogP contribution in [0.2, 0.25) is 0 Å². The molecule has 0 unspecified atom stereocenters. The number of nitrogens with zero attached hydrogens (tertiary/aromatic N) is 3. The van der Waals surface area contributed by atoms with Crippen LogP contribution in [0.1, 0.15) is 19.5 Å². The van der Waals surface area contributed by atoms with E-state index >= 15 is 0 Å². The summed E-state index contributed by atoms with van der Waals surface area (Å²) < 4.78 is 8.22. The van der Waals surface area contributed by atoms with Crippen molar-refractivity contribution in [1.82, 2.24) is 14.7 Å². The lowest BCUT2D eigenvalue weighted by atomic mass is 10.2. The molecule has 1 aromatic heterocycles. The van der Waals surface area contributed by atoms with Crippen molar-refractivity contribution < 1.29 is 9.53 Å². The summed E-state index contributed by atoms with van der Waals surface area (Å²) >= 11 is 3.39. The summed E-state index contributed by atoms with van der Waals surface area (Å²) in [6, 6.07) is 0. The summed E-state index contributed by atoms with van der Waals surface area (Å²) in [5, 5.41) is 4.27. The molecule has 0 aliphatic carbocycles. The molecule has 1 fully saturated rings. The lowest BCUT2D eigenvalue weighted by Crippen LogP contribution is -2.49. The van der Waals surface area contributed by atoms with E-state index in [0.29, 0.717) is 13.1 Å². The molecule has 1 saturated heterocycles. The fraction of sp³-hybridized carbons (Fsp3) is 0.667. The van der Waals surface area contributed by atoms with E-state index in [1.165, 1.54) is 0 Å². The first-order chi connectivity index (χ1) is 8.45. The molecule has 2 atom stereocenters. The van der Waals surface area contributed by atoms with E-state index in [9.17, 15) is 4.79 Å². The Bertz CT molecular complexity index is 417. The van der Waals surface area contributed by atoms with Crippen molar-refractivity contribution in [2.45, 2.75) is 39.5 Å². The van der Waals surface area contributed by atoms with Crippen LogP contribution < -0.4 is 0 Å². The van der Waals surface area contributed by atoms with E-state index < -0.39 is 0 Å². The Balaban J connectivity index is 1.99. The van der Waals surface area contributed by atoms with Gasteiger partial charge in [0.25, 0.3) is 0 Å². The van der Waals surface area contributed by atoms with E-state index in [1.807, 2.05) is 31.9 Å². The maximum Gasteiger partial charge on any atom is 0.244 e. The van der Waals surface area contributed by atoms with Crippen LogP contribution in [-0.2, 0) is 16.1 Å². The van der Waals surface area contributed by atoms with Crippen molar-refractivity contribution in [2.75, 3.05) is 13.1 Å². The zero-order chi connectivity index (χ0) is 13.3. The minimum absolute atomic E-state index is 0.0898. The molecule has 1 amide bonds. The third kappa shape index (κ3) is 3.11. The topological polar surface area (TPSA) is 47.4 Å². The molecule has 0 N–H and O–H groups in total. The highest BCUT2D eigenvalue weighted by molar-refractivity contribution is 9.10. The molecule has 18 heavy (non-hydrogen) atoms. The normalized spacial score (nSPS) is 24.3. The molecule has 0 spiro atoms. The van der Waals surface area contributed by atoms with Gasteiger partial charge in [0.2, 0.25) is 5.91 Å². The van der Waals surface area contributed by atoms with Crippen LogP contribution in [0.5, 0.6) is 0 Å². The highest BCUT2D eigenvalue weighted by Crippen LogP contribution is 2.14. The van der Waals surface area contributed by atoms with Gasteiger partial charge >= 0.3 is 0 Å². The first kappa shape index (κ1) is 13.5. The maximum absolute atomic E-state index is 12.2. The van der Waals surface area contributed by atoms with Crippen molar-refractivity contribution in [2.24, 2.45) is 0 Å². The molecule has 6 heteroatoms. The second-order valence-corrected chi connectivity index (χ2v) is 5.67. The van der Waals surface area contributed by atoms with Crippen molar-refractivity contribution >= 4 is 21.8 Å². The van der Waals surface area contributed by atoms with Gasteiger partial charge < -0.3 is 9.64 Å². The molecule has 1 aliphatic heterocycles. The molecule has 0 radical (unpaired) electrons. The highest BCUT2D eigenvalue weighted by Gasteiger charge is 2.26. The van der Waals surface area contributed by atoms with Crippen LogP contribution >= 0.6 is 15.9 Å². The monoisotopic (exact) mass is 315 g/mol. The van der Waals surface area contributed by atoms with Gasteiger partial charge in [-0.2, -0.15) is 5.10 Å². The molecular formula is C12H18BrN3O2. The van der Waals surface area contributed by atoms with Gasteiger partial charge in [0.15, 0.2) is 0 Å². The van der Waals surface area contributed by atoms with Gasteiger partial charge in [-0.15, -0.1) is 0 Å². The average Bonchev–Trinajstić information content (AvgIpc) is 2.56. The van der Waals surface area contributed by atoms with E-state index in [4.69, 9.17) is 4.74 Å². The van der Waals surface area contributed by atoms with Gasteiger partial charge in [-0.1, -0.05) is 0 Å². The number of rotatable bonds is 2. The van der Waals surface area contributed by atoms with E-state index in [-0.39, 0.29) is 24.7 Å². The molecule has 1 aliphatic rings. The Hall–Kier alpha value is -0.880. The summed E-state index contributed by atoms with van der Waals surface area (Å²) in [4.78, 5) is 14.0. The number of aryl methyl sites for hydroxylation is 1. The molecule has 5 nitrogen and oxygen atoms in total. The number of morpholine rings is 1. The summed E-state index contributed by atoms with van der Waals surface area (Å²) in [7, 11) is 0. The molecule has 0 saturated carbocycles. The zero-order valence-electron chi connectivity index (χ0n) is 10.9.